The van der Waals surface area contributed by atoms with Gasteiger partial charge in [-0.1, -0.05) is 30.1 Å². The van der Waals surface area contributed by atoms with Gasteiger partial charge >= 0.3 is 5.69 Å². The predicted molar refractivity (Wildman–Crippen MR) is 73.7 cm³/mol. The van der Waals surface area contributed by atoms with Gasteiger partial charge in [0.1, 0.15) is 0 Å². The van der Waals surface area contributed by atoms with Crippen LogP contribution in [0.25, 0.3) is 5.69 Å². The molecule has 7 heteroatoms. The van der Waals surface area contributed by atoms with Gasteiger partial charge < -0.3 is 5.11 Å². The monoisotopic (exact) mass is 300 g/mol. The van der Waals surface area contributed by atoms with Gasteiger partial charge in [0.15, 0.2) is 0 Å². The Labute approximate surface area is 118 Å². The van der Waals surface area contributed by atoms with Crippen molar-refractivity contribution in [2.45, 2.75) is 13.3 Å². The van der Waals surface area contributed by atoms with Crippen molar-refractivity contribution in [2.75, 3.05) is 0 Å². The maximum atomic E-state index is 11.8. The molecule has 1 aromatic heterocycles. The minimum absolute atomic E-state index is 0.130. The molecule has 0 saturated heterocycles. The maximum absolute atomic E-state index is 11.8. The Hall–Kier alpha value is -1.72. The first kappa shape index (κ1) is 13.7. The van der Waals surface area contributed by atoms with Crippen LogP contribution < -0.4 is 11.2 Å². The molecule has 5 nitrogen and oxygen atoms in total. The smallest absolute Gasteiger partial charge is 0.335 e. The number of benzene rings is 1. The fourth-order valence-corrected chi connectivity index (χ4v) is 2.04. The van der Waals surface area contributed by atoms with E-state index in [2.05, 4.69) is 4.98 Å². The largest absolute Gasteiger partial charge is 0.494 e. The van der Waals surface area contributed by atoms with E-state index in [0.29, 0.717) is 17.1 Å². The van der Waals surface area contributed by atoms with E-state index in [1.807, 2.05) is 0 Å². The number of H-pyrrole nitrogens is 1. The Balaban J connectivity index is 2.78. The molecule has 0 aliphatic carbocycles. The zero-order valence-corrected chi connectivity index (χ0v) is 11.4. The molecule has 0 amide bonds. The van der Waals surface area contributed by atoms with Crippen LogP contribution in [-0.2, 0) is 6.42 Å². The lowest BCUT2D eigenvalue weighted by Crippen LogP contribution is -2.31. The first-order chi connectivity index (χ1) is 8.95. The van der Waals surface area contributed by atoms with Crippen molar-refractivity contribution in [1.29, 1.82) is 0 Å². The molecule has 100 valence electrons. The van der Waals surface area contributed by atoms with Crippen molar-refractivity contribution in [3.63, 3.8) is 0 Å². The summed E-state index contributed by atoms with van der Waals surface area (Å²) < 4.78 is 0.975. The van der Waals surface area contributed by atoms with Crippen LogP contribution in [0.2, 0.25) is 10.0 Å². The van der Waals surface area contributed by atoms with Crippen LogP contribution in [0.3, 0.4) is 0 Å². The second-order valence-corrected chi connectivity index (χ2v) is 4.66. The average molecular weight is 301 g/mol. The summed E-state index contributed by atoms with van der Waals surface area (Å²) in [4.78, 5) is 25.5. The van der Waals surface area contributed by atoms with Crippen LogP contribution in [-0.4, -0.2) is 14.7 Å². The first-order valence-electron chi connectivity index (χ1n) is 5.48. The maximum Gasteiger partial charge on any atom is 0.335 e. The van der Waals surface area contributed by atoms with Crippen LogP contribution in [0.4, 0.5) is 0 Å². The third-order valence-electron chi connectivity index (χ3n) is 2.69. The Kier molecular flexibility index (Phi) is 3.68. The van der Waals surface area contributed by atoms with E-state index in [1.54, 1.807) is 6.92 Å². The number of aromatic nitrogens is 2. The van der Waals surface area contributed by atoms with Gasteiger partial charge in [0, 0.05) is 0 Å². The van der Waals surface area contributed by atoms with Crippen molar-refractivity contribution in [2.24, 2.45) is 0 Å². The number of hydrogen-bond acceptors (Lipinski definition) is 3. The van der Waals surface area contributed by atoms with E-state index < -0.39 is 17.1 Å². The number of halogens is 2. The molecule has 0 spiro atoms. The summed E-state index contributed by atoms with van der Waals surface area (Å²) in [5, 5.41) is 10.6. The number of nitrogens with zero attached hydrogens (tertiary/aromatic N) is 1. The van der Waals surface area contributed by atoms with Gasteiger partial charge in [0.05, 0.1) is 21.3 Å². The van der Waals surface area contributed by atoms with Crippen molar-refractivity contribution < 1.29 is 5.11 Å². The average Bonchev–Trinajstić information content (AvgIpc) is 2.33. The molecule has 0 atom stereocenters. The molecular weight excluding hydrogens is 291 g/mol. The molecular formula is C12H10Cl2N2O3. The van der Waals surface area contributed by atoms with Crippen molar-refractivity contribution >= 4 is 23.2 Å². The lowest BCUT2D eigenvalue weighted by atomic mass is 10.2. The summed E-state index contributed by atoms with van der Waals surface area (Å²) in [5.74, 6) is -0.394. The quantitative estimate of drug-likeness (QED) is 0.892. The van der Waals surface area contributed by atoms with E-state index in [-0.39, 0.29) is 10.6 Å². The number of nitrogens with one attached hydrogen (secondary N) is 1. The topological polar surface area (TPSA) is 75.1 Å². The number of aromatic amines is 1. The van der Waals surface area contributed by atoms with Crippen LogP contribution in [0.15, 0.2) is 27.8 Å². The lowest BCUT2D eigenvalue weighted by molar-refractivity contribution is 0.423. The summed E-state index contributed by atoms with van der Waals surface area (Å²) >= 11 is 11.7. The van der Waals surface area contributed by atoms with Crippen LogP contribution in [0, 0.1) is 0 Å². The number of hydrogen-bond donors (Lipinski definition) is 2. The molecule has 0 fully saturated rings. The highest BCUT2D eigenvalue weighted by Crippen LogP contribution is 2.25. The molecule has 19 heavy (non-hydrogen) atoms. The fraction of sp³-hybridized carbons (Fsp3) is 0.167. The predicted octanol–water partition coefficient (Wildman–Crippen LogP) is 2.10. The second kappa shape index (κ2) is 5.11. The van der Waals surface area contributed by atoms with E-state index in [9.17, 15) is 14.7 Å². The van der Waals surface area contributed by atoms with E-state index >= 15 is 0 Å². The summed E-state index contributed by atoms with van der Waals surface area (Å²) in [6.07, 6.45) is 0.294. The molecule has 0 aliphatic heterocycles. The molecule has 0 radical (unpaired) electrons. The van der Waals surface area contributed by atoms with Crippen molar-refractivity contribution in [3.05, 3.63) is 54.6 Å². The van der Waals surface area contributed by atoms with Gasteiger partial charge in [-0.3, -0.25) is 9.78 Å². The summed E-state index contributed by atoms with van der Waals surface area (Å²) in [7, 11) is 0. The van der Waals surface area contributed by atoms with E-state index in [1.165, 1.54) is 18.2 Å². The third-order valence-corrected chi connectivity index (χ3v) is 3.43. The van der Waals surface area contributed by atoms with Crippen molar-refractivity contribution in [3.8, 4) is 11.6 Å². The van der Waals surface area contributed by atoms with E-state index in [4.69, 9.17) is 23.2 Å². The van der Waals surface area contributed by atoms with Gasteiger partial charge in [0.2, 0.25) is 5.88 Å². The summed E-state index contributed by atoms with van der Waals surface area (Å²) in [6.45, 7) is 1.70. The van der Waals surface area contributed by atoms with E-state index in [0.717, 1.165) is 4.57 Å². The third kappa shape index (κ3) is 2.39. The van der Waals surface area contributed by atoms with Gasteiger partial charge in [-0.25, -0.2) is 9.36 Å². The number of aromatic hydroxyl groups is 1. The van der Waals surface area contributed by atoms with Crippen LogP contribution in [0.1, 0.15) is 12.5 Å². The lowest BCUT2D eigenvalue weighted by Gasteiger charge is -2.11. The van der Waals surface area contributed by atoms with Crippen molar-refractivity contribution in [1.82, 2.24) is 9.55 Å². The Morgan fingerprint density at radius 3 is 2.53 bits per heavy atom. The molecule has 2 N–H and O–H groups in total. The second-order valence-electron chi connectivity index (χ2n) is 3.85. The molecule has 0 aliphatic rings. The van der Waals surface area contributed by atoms with Crippen LogP contribution in [0.5, 0.6) is 5.88 Å². The molecule has 2 aromatic rings. The summed E-state index contributed by atoms with van der Waals surface area (Å²) in [6, 6.07) is 4.46. The minimum Gasteiger partial charge on any atom is -0.494 e. The standard InChI is InChI=1S/C12H10Cl2N2O3/c1-2-7-10(17)15-12(19)16(11(7)18)6-3-4-8(13)9(14)5-6/h3-5,18H,2H2,1H3,(H,15,17,19). The highest BCUT2D eigenvalue weighted by Gasteiger charge is 2.14. The molecule has 1 aromatic carbocycles. The molecule has 0 unspecified atom stereocenters. The van der Waals surface area contributed by atoms with Crippen LogP contribution >= 0.6 is 23.2 Å². The normalized spacial score (nSPS) is 10.7. The Bertz CT molecular complexity index is 750. The molecule has 1 heterocycles. The highest BCUT2D eigenvalue weighted by atomic mass is 35.5. The molecule has 2 rings (SSSR count). The first-order valence-corrected chi connectivity index (χ1v) is 6.24. The van der Waals surface area contributed by atoms with Gasteiger partial charge in [0.25, 0.3) is 5.56 Å². The van der Waals surface area contributed by atoms with Gasteiger partial charge in [-0.2, -0.15) is 0 Å². The highest BCUT2D eigenvalue weighted by molar-refractivity contribution is 6.42. The summed E-state index contributed by atoms with van der Waals surface area (Å²) in [5.41, 5.74) is -0.882. The minimum atomic E-state index is -0.738. The van der Waals surface area contributed by atoms with Gasteiger partial charge in [-0.15, -0.1) is 0 Å². The Morgan fingerprint density at radius 2 is 1.95 bits per heavy atom. The Morgan fingerprint density at radius 1 is 1.26 bits per heavy atom. The fourth-order valence-electron chi connectivity index (χ4n) is 1.74. The zero-order valence-electron chi connectivity index (χ0n) is 9.91. The zero-order chi connectivity index (χ0) is 14.2. The number of rotatable bonds is 2. The SMILES string of the molecule is CCc1c(O)n(-c2ccc(Cl)c(Cl)c2)c(=O)[nH]c1=O. The van der Waals surface area contributed by atoms with Gasteiger partial charge in [-0.05, 0) is 24.6 Å². The molecule has 0 saturated carbocycles. The molecule has 0 bridgehead atoms.